The van der Waals surface area contributed by atoms with Crippen molar-refractivity contribution in [1.82, 2.24) is 4.90 Å². The highest BCUT2D eigenvalue weighted by atomic mass is 35.5. The smallest absolute Gasteiger partial charge is 0.0911 e. The number of likely N-dealkylation sites (tertiary alicyclic amines) is 1. The maximum atomic E-state index is 6.08. The normalized spacial score (nSPS) is 16.9. The van der Waals surface area contributed by atoms with Crippen LogP contribution in [-0.4, -0.2) is 29.7 Å². The topological polar surface area (TPSA) is 12.5 Å². The predicted octanol–water partition coefficient (Wildman–Crippen LogP) is 4.70. The Bertz CT molecular complexity index is 554. The molecule has 2 aromatic rings. The second-order valence-electron chi connectivity index (χ2n) is 6.75. The molecule has 0 bridgehead atoms. The average molecular weight is 332 g/mol. The molecule has 3 rings (SSSR count). The fourth-order valence-electron chi connectivity index (χ4n) is 3.52. The molecular formula is C20H26ClNO. The van der Waals surface area contributed by atoms with Crippen molar-refractivity contribution in [2.24, 2.45) is 0 Å². The minimum absolute atomic E-state index is 0. The third-order valence-corrected chi connectivity index (χ3v) is 4.19. The molecule has 0 N–H and O–H groups in total. The summed E-state index contributed by atoms with van der Waals surface area (Å²) in [4.78, 5) is 2.51. The predicted molar refractivity (Wildman–Crippen MR) is 98.2 cm³/mol. The van der Waals surface area contributed by atoms with Gasteiger partial charge in [-0.15, -0.1) is 12.4 Å². The summed E-state index contributed by atoms with van der Waals surface area (Å²) in [5.41, 5.74) is 2.68. The quantitative estimate of drug-likeness (QED) is 0.787. The van der Waals surface area contributed by atoms with Gasteiger partial charge in [0.2, 0.25) is 0 Å². The van der Waals surface area contributed by atoms with E-state index in [2.05, 4.69) is 86.3 Å². The Hall–Kier alpha value is -1.35. The molecule has 3 heteroatoms. The van der Waals surface area contributed by atoms with E-state index in [0.717, 1.165) is 13.1 Å². The van der Waals surface area contributed by atoms with Crippen molar-refractivity contribution in [3.63, 3.8) is 0 Å². The van der Waals surface area contributed by atoms with Crippen LogP contribution in [0.15, 0.2) is 60.7 Å². The van der Waals surface area contributed by atoms with E-state index >= 15 is 0 Å². The lowest BCUT2D eigenvalue weighted by atomic mass is 9.88. The summed E-state index contributed by atoms with van der Waals surface area (Å²) in [6, 6.07) is 21.8. The van der Waals surface area contributed by atoms with Crippen molar-refractivity contribution in [1.29, 1.82) is 0 Å². The van der Waals surface area contributed by atoms with Crippen molar-refractivity contribution < 1.29 is 4.74 Å². The van der Waals surface area contributed by atoms with Gasteiger partial charge in [-0.2, -0.15) is 0 Å². The zero-order chi connectivity index (χ0) is 15.6. The van der Waals surface area contributed by atoms with Crippen LogP contribution in [0.25, 0.3) is 0 Å². The Kier molecular flexibility index (Phi) is 5.85. The fraction of sp³-hybridized carbons (Fsp3) is 0.400. The molecule has 23 heavy (non-hydrogen) atoms. The number of ether oxygens (including phenoxy) is 1. The molecule has 0 spiro atoms. The standard InChI is InChI=1S/C20H25NO.ClH/c1-16(2)22-20(3)14-21(15-20)19(17-10-6-4-7-11-17)18-12-8-5-9-13-18;/h4-13,16,19H,14-15H2,1-3H3;1H. The molecule has 1 fully saturated rings. The highest BCUT2D eigenvalue weighted by Gasteiger charge is 2.44. The third kappa shape index (κ3) is 4.14. The fourth-order valence-corrected chi connectivity index (χ4v) is 3.52. The Labute approximate surface area is 145 Å². The number of hydrogen-bond donors (Lipinski definition) is 0. The van der Waals surface area contributed by atoms with Gasteiger partial charge in [0, 0.05) is 13.1 Å². The van der Waals surface area contributed by atoms with Gasteiger partial charge in [-0.3, -0.25) is 4.90 Å². The molecular weight excluding hydrogens is 306 g/mol. The van der Waals surface area contributed by atoms with Crippen LogP contribution in [0.2, 0.25) is 0 Å². The molecule has 0 unspecified atom stereocenters. The number of hydrogen-bond acceptors (Lipinski definition) is 2. The average Bonchev–Trinajstić information content (AvgIpc) is 2.47. The third-order valence-electron chi connectivity index (χ3n) is 4.19. The van der Waals surface area contributed by atoms with E-state index in [1.807, 2.05) is 0 Å². The van der Waals surface area contributed by atoms with Crippen LogP contribution in [0.3, 0.4) is 0 Å². The van der Waals surface area contributed by atoms with Crippen molar-refractivity contribution >= 4 is 12.4 Å². The van der Waals surface area contributed by atoms with Gasteiger partial charge < -0.3 is 4.74 Å². The van der Waals surface area contributed by atoms with Crippen LogP contribution in [0.5, 0.6) is 0 Å². The lowest BCUT2D eigenvalue weighted by Crippen LogP contribution is -2.62. The lowest BCUT2D eigenvalue weighted by molar-refractivity contribution is -0.162. The zero-order valence-electron chi connectivity index (χ0n) is 14.1. The SMILES string of the molecule is CC(C)OC1(C)CN(C(c2ccccc2)c2ccccc2)C1.Cl. The molecule has 0 aliphatic carbocycles. The summed E-state index contributed by atoms with van der Waals surface area (Å²) < 4.78 is 6.08. The summed E-state index contributed by atoms with van der Waals surface area (Å²) in [7, 11) is 0. The van der Waals surface area contributed by atoms with Crippen LogP contribution in [-0.2, 0) is 4.74 Å². The van der Waals surface area contributed by atoms with Gasteiger partial charge in [-0.25, -0.2) is 0 Å². The van der Waals surface area contributed by atoms with E-state index in [-0.39, 0.29) is 24.1 Å². The monoisotopic (exact) mass is 331 g/mol. The molecule has 124 valence electrons. The van der Waals surface area contributed by atoms with E-state index in [4.69, 9.17) is 4.74 Å². The summed E-state index contributed by atoms with van der Waals surface area (Å²) in [6.45, 7) is 8.38. The Morgan fingerprint density at radius 3 is 1.70 bits per heavy atom. The van der Waals surface area contributed by atoms with Crippen LogP contribution in [0, 0.1) is 0 Å². The van der Waals surface area contributed by atoms with Crippen molar-refractivity contribution in [2.75, 3.05) is 13.1 Å². The molecule has 0 saturated carbocycles. The molecule has 1 heterocycles. The van der Waals surface area contributed by atoms with Crippen LogP contribution >= 0.6 is 12.4 Å². The molecule has 0 aromatic heterocycles. The Morgan fingerprint density at radius 2 is 1.30 bits per heavy atom. The van der Waals surface area contributed by atoms with Gasteiger partial charge in [-0.1, -0.05) is 60.7 Å². The first-order chi connectivity index (χ1) is 10.6. The van der Waals surface area contributed by atoms with Crippen molar-refractivity contribution in [3.05, 3.63) is 71.8 Å². The molecule has 1 aliphatic rings. The Balaban J connectivity index is 0.00000192. The summed E-state index contributed by atoms with van der Waals surface area (Å²) in [5, 5.41) is 0. The zero-order valence-corrected chi connectivity index (χ0v) is 14.9. The van der Waals surface area contributed by atoms with E-state index in [1.54, 1.807) is 0 Å². The maximum absolute atomic E-state index is 6.08. The molecule has 2 nitrogen and oxygen atoms in total. The van der Waals surface area contributed by atoms with Crippen LogP contribution < -0.4 is 0 Å². The molecule has 0 amide bonds. The highest BCUT2D eigenvalue weighted by molar-refractivity contribution is 5.85. The number of rotatable bonds is 5. The van der Waals surface area contributed by atoms with E-state index in [1.165, 1.54) is 11.1 Å². The number of halogens is 1. The van der Waals surface area contributed by atoms with Gasteiger partial charge in [0.1, 0.15) is 0 Å². The van der Waals surface area contributed by atoms with Crippen molar-refractivity contribution in [2.45, 2.75) is 38.5 Å². The molecule has 0 radical (unpaired) electrons. The Morgan fingerprint density at radius 1 is 0.870 bits per heavy atom. The summed E-state index contributed by atoms with van der Waals surface area (Å²) in [6.07, 6.45) is 0.277. The van der Waals surface area contributed by atoms with Gasteiger partial charge in [0.25, 0.3) is 0 Å². The second kappa shape index (κ2) is 7.48. The largest absolute Gasteiger partial charge is 0.370 e. The minimum atomic E-state index is -0.0179. The van der Waals surface area contributed by atoms with E-state index in [0.29, 0.717) is 6.04 Å². The van der Waals surface area contributed by atoms with Crippen LogP contribution in [0.4, 0.5) is 0 Å². The van der Waals surface area contributed by atoms with E-state index < -0.39 is 0 Å². The van der Waals surface area contributed by atoms with Gasteiger partial charge in [-0.05, 0) is 31.9 Å². The molecule has 1 aliphatic heterocycles. The van der Waals surface area contributed by atoms with Gasteiger partial charge >= 0.3 is 0 Å². The molecule has 1 saturated heterocycles. The summed E-state index contributed by atoms with van der Waals surface area (Å²) in [5.74, 6) is 0. The highest BCUT2D eigenvalue weighted by Crippen LogP contribution is 2.37. The van der Waals surface area contributed by atoms with Gasteiger partial charge in [0.15, 0.2) is 0 Å². The summed E-state index contributed by atoms with van der Waals surface area (Å²) >= 11 is 0. The lowest BCUT2D eigenvalue weighted by Gasteiger charge is -2.52. The van der Waals surface area contributed by atoms with Gasteiger partial charge in [0.05, 0.1) is 17.7 Å². The maximum Gasteiger partial charge on any atom is 0.0911 e. The number of nitrogens with zero attached hydrogens (tertiary/aromatic N) is 1. The molecule has 0 atom stereocenters. The van der Waals surface area contributed by atoms with E-state index in [9.17, 15) is 0 Å². The number of benzene rings is 2. The van der Waals surface area contributed by atoms with Crippen molar-refractivity contribution in [3.8, 4) is 0 Å². The first-order valence-corrected chi connectivity index (χ1v) is 8.09. The van der Waals surface area contributed by atoms with Crippen LogP contribution in [0.1, 0.15) is 37.9 Å². The second-order valence-corrected chi connectivity index (χ2v) is 6.75. The molecule has 2 aromatic carbocycles. The first kappa shape index (κ1) is 18.0. The first-order valence-electron chi connectivity index (χ1n) is 8.09. The minimum Gasteiger partial charge on any atom is -0.370 e.